The number of rotatable bonds is 6. The molecule has 0 atom stereocenters. The molecule has 1 N–H and O–H groups in total. The summed E-state index contributed by atoms with van der Waals surface area (Å²) in [6.45, 7) is 7.88. The van der Waals surface area contributed by atoms with E-state index >= 15 is 0 Å². The lowest BCUT2D eigenvalue weighted by molar-refractivity contribution is 0.618. The van der Waals surface area contributed by atoms with Crippen LogP contribution in [0.25, 0.3) is 0 Å². The minimum atomic E-state index is 0.859. The van der Waals surface area contributed by atoms with Gasteiger partial charge in [-0.1, -0.05) is 17.7 Å². The van der Waals surface area contributed by atoms with E-state index in [1.54, 1.807) is 5.56 Å². The highest BCUT2D eigenvalue weighted by Crippen LogP contribution is 2.20. The van der Waals surface area contributed by atoms with Gasteiger partial charge < -0.3 is 5.32 Å². The van der Waals surface area contributed by atoms with Crippen molar-refractivity contribution >= 4 is 0 Å². The predicted octanol–water partition coefficient (Wildman–Crippen LogP) is 3.69. The van der Waals surface area contributed by atoms with Gasteiger partial charge in [0, 0.05) is 6.04 Å². The largest absolute Gasteiger partial charge is 0.314 e. The van der Waals surface area contributed by atoms with Crippen molar-refractivity contribution in [2.75, 3.05) is 6.54 Å². The van der Waals surface area contributed by atoms with Crippen LogP contribution in [-0.2, 0) is 6.42 Å². The van der Waals surface area contributed by atoms with Gasteiger partial charge in [0.05, 0.1) is 0 Å². The second kappa shape index (κ2) is 5.68. The van der Waals surface area contributed by atoms with E-state index in [1.807, 2.05) is 0 Å². The van der Waals surface area contributed by atoms with Gasteiger partial charge in [-0.2, -0.15) is 0 Å². The highest BCUT2D eigenvalue weighted by Gasteiger charge is 2.19. The fourth-order valence-corrected chi connectivity index (χ4v) is 2.62. The molecule has 0 unspecified atom stereocenters. The van der Waals surface area contributed by atoms with Crippen LogP contribution in [0.5, 0.6) is 0 Å². The van der Waals surface area contributed by atoms with Crippen LogP contribution in [0.3, 0.4) is 0 Å². The molecule has 94 valence electrons. The molecule has 1 fully saturated rings. The second-order valence-electron chi connectivity index (χ2n) is 5.56. The maximum atomic E-state index is 3.58. The Morgan fingerprint density at radius 3 is 2.29 bits per heavy atom. The lowest BCUT2D eigenvalue weighted by Crippen LogP contribution is -2.17. The maximum Gasteiger partial charge on any atom is 0.00682 e. The first-order valence-electron chi connectivity index (χ1n) is 6.97. The summed E-state index contributed by atoms with van der Waals surface area (Å²) < 4.78 is 0. The van der Waals surface area contributed by atoms with E-state index in [4.69, 9.17) is 0 Å². The summed E-state index contributed by atoms with van der Waals surface area (Å²) in [4.78, 5) is 0. The molecule has 0 radical (unpaired) electrons. The van der Waals surface area contributed by atoms with E-state index in [9.17, 15) is 0 Å². The van der Waals surface area contributed by atoms with Crippen LogP contribution in [0.1, 0.15) is 47.9 Å². The Kier molecular flexibility index (Phi) is 4.22. The Balaban J connectivity index is 1.77. The lowest BCUT2D eigenvalue weighted by Gasteiger charge is -2.11. The van der Waals surface area contributed by atoms with Crippen molar-refractivity contribution in [3.63, 3.8) is 0 Å². The smallest absolute Gasteiger partial charge is 0.00682 e. The fourth-order valence-electron chi connectivity index (χ4n) is 2.62. The van der Waals surface area contributed by atoms with Crippen LogP contribution < -0.4 is 5.32 Å². The van der Waals surface area contributed by atoms with Crippen molar-refractivity contribution < 1.29 is 0 Å². The molecular formula is C16H25N. The molecule has 0 aliphatic heterocycles. The monoisotopic (exact) mass is 231 g/mol. The van der Waals surface area contributed by atoms with Gasteiger partial charge in [-0.3, -0.25) is 0 Å². The van der Waals surface area contributed by atoms with Crippen molar-refractivity contribution in [2.24, 2.45) is 0 Å². The summed E-state index contributed by atoms with van der Waals surface area (Å²) in [5, 5.41) is 3.58. The average molecular weight is 231 g/mol. The van der Waals surface area contributed by atoms with E-state index in [2.05, 4.69) is 38.2 Å². The molecule has 1 aromatic rings. The number of nitrogens with one attached hydrogen (secondary N) is 1. The minimum Gasteiger partial charge on any atom is -0.314 e. The zero-order valence-corrected chi connectivity index (χ0v) is 11.5. The normalized spacial score (nSPS) is 15.2. The van der Waals surface area contributed by atoms with E-state index in [-0.39, 0.29) is 0 Å². The molecule has 17 heavy (non-hydrogen) atoms. The third-order valence-corrected chi connectivity index (χ3v) is 3.70. The summed E-state index contributed by atoms with van der Waals surface area (Å²) in [5.74, 6) is 0. The molecule has 1 heteroatoms. The summed E-state index contributed by atoms with van der Waals surface area (Å²) in [6, 6.07) is 5.48. The number of hydrogen-bond acceptors (Lipinski definition) is 1. The quantitative estimate of drug-likeness (QED) is 0.736. The third-order valence-electron chi connectivity index (χ3n) is 3.70. The van der Waals surface area contributed by atoms with Crippen LogP contribution in [0.4, 0.5) is 0 Å². The van der Waals surface area contributed by atoms with Crippen LogP contribution >= 0.6 is 0 Å². The van der Waals surface area contributed by atoms with E-state index < -0.39 is 0 Å². The van der Waals surface area contributed by atoms with Gasteiger partial charge in [-0.05, 0) is 76.1 Å². The average Bonchev–Trinajstić information content (AvgIpc) is 3.04. The summed E-state index contributed by atoms with van der Waals surface area (Å²) in [5.41, 5.74) is 5.90. The van der Waals surface area contributed by atoms with Crippen LogP contribution in [-0.4, -0.2) is 12.6 Å². The van der Waals surface area contributed by atoms with Crippen LogP contribution in [0, 0.1) is 20.8 Å². The van der Waals surface area contributed by atoms with E-state index in [1.165, 1.54) is 55.3 Å². The SMILES string of the molecule is Cc1cc(C)c(CCCCNC2CC2)c(C)c1. The molecule has 1 aromatic carbocycles. The molecule has 0 saturated heterocycles. The van der Waals surface area contributed by atoms with Gasteiger partial charge >= 0.3 is 0 Å². The first-order chi connectivity index (χ1) is 8.16. The molecule has 1 aliphatic carbocycles. The number of unbranched alkanes of at least 4 members (excludes halogenated alkanes) is 1. The van der Waals surface area contributed by atoms with Gasteiger partial charge in [0.1, 0.15) is 0 Å². The van der Waals surface area contributed by atoms with Gasteiger partial charge in [0.2, 0.25) is 0 Å². The Hall–Kier alpha value is -0.820. The van der Waals surface area contributed by atoms with Gasteiger partial charge in [-0.15, -0.1) is 0 Å². The summed E-state index contributed by atoms with van der Waals surface area (Å²) in [7, 11) is 0. The molecule has 0 aromatic heterocycles. The first kappa shape index (κ1) is 12.6. The number of hydrogen-bond donors (Lipinski definition) is 1. The first-order valence-corrected chi connectivity index (χ1v) is 6.97. The molecular weight excluding hydrogens is 206 g/mol. The van der Waals surface area contributed by atoms with Crippen molar-refractivity contribution in [2.45, 2.75) is 58.9 Å². The van der Waals surface area contributed by atoms with Crippen LogP contribution in [0.15, 0.2) is 12.1 Å². The van der Waals surface area contributed by atoms with Crippen molar-refractivity contribution in [1.82, 2.24) is 5.32 Å². The van der Waals surface area contributed by atoms with Gasteiger partial charge in [-0.25, -0.2) is 0 Å². The fraction of sp³-hybridized carbons (Fsp3) is 0.625. The van der Waals surface area contributed by atoms with Crippen LogP contribution in [0.2, 0.25) is 0 Å². The highest BCUT2D eigenvalue weighted by atomic mass is 14.9. The molecule has 0 spiro atoms. The van der Waals surface area contributed by atoms with Crippen molar-refractivity contribution in [3.05, 3.63) is 34.4 Å². The van der Waals surface area contributed by atoms with Crippen molar-refractivity contribution in [1.29, 1.82) is 0 Å². The van der Waals surface area contributed by atoms with Crippen molar-refractivity contribution in [3.8, 4) is 0 Å². The Bertz CT molecular complexity index is 354. The summed E-state index contributed by atoms with van der Waals surface area (Å²) >= 11 is 0. The Labute approximate surface area is 106 Å². The second-order valence-corrected chi connectivity index (χ2v) is 5.56. The molecule has 1 nitrogen and oxygen atoms in total. The zero-order valence-electron chi connectivity index (χ0n) is 11.5. The van der Waals surface area contributed by atoms with E-state index in [0.717, 1.165) is 6.04 Å². The molecule has 2 rings (SSSR count). The highest BCUT2D eigenvalue weighted by molar-refractivity contribution is 5.37. The molecule has 0 heterocycles. The molecule has 0 bridgehead atoms. The Morgan fingerprint density at radius 1 is 1.06 bits per heavy atom. The minimum absolute atomic E-state index is 0.859. The predicted molar refractivity (Wildman–Crippen MR) is 74.6 cm³/mol. The van der Waals surface area contributed by atoms with E-state index in [0.29, 0.717) is 0 Å². The third kappa shape index (κ3) is 3.85. The lowest BCUT2D eigenvalue weighted by atomic mass is 9.96. The number of aryl methyl sites for hydroxylation is 3. The maximum absolute atomic E-state index is 3.58. The summed E-state index contributed by atoms with van der Waals surface area (Å²) in [6.07, 6.45) is 6.66. The van der Waals surface area contributed by atoms with Gasteiger partial charge in [0.15, 0.2) is 0 Å². The topological polar surface area (TPSA) is 12.0 Å². The standard InChI is InChI=1S/C16H25N/c1-12-10-13(2)16(14(3)11-12)6-4-5-9-17-15-7-8-15/h10-11,15,17H,4-9H2,1-3H3. The molecule has 1 saturated carbocycles. The molecule has 1 aliphatic rings. The zero-order chi connectivity index (χ0) is 12.3. The molecule has 0 amide bonds. The number of benzene rings is 1. The van der Waals surface area contributed by atoms with Gasteiger partial charge in [0.25, 0.3) is 0 Å². The Morgan fingerprint density at radius 2 is 1.71 bits per heavy atom.